The van der Waals surface area contributed by atoms with Gasteiger partial charge in [0.05, 0.1) is 95.7 Å². The number of carbonyl (C=O) groups is 16. The number of amides is 16. The molecule has 8 heterocycles. The number of rotatable bonds is 8. The molecule has 26 rings (SSSR count). The zero-order chi connectivity index (χ0) is 91.3. The molecule has 0 aromatic carbocycles. The first-order chi connectivity index (χ1) is 60.9. The van der Waals surface area contributed by atoms with Crippen molar-refractivity contribution in [3.63, 3.8) is 0 Å². The van der Waals surface area contributed by atoms with Gasteiger partial charge in [-0.1, -0.05) is 104 Å². The predicted molar refractivity (Wildman–Crippen MR) is 476 cm³/mol. The van der Waals surface area contributed by atoms with Gasteiger partial charge in [0.15, 0.2) is 0 Å². The van der Waals surface area contributed by atoms with Crippen LogP contribution in [0.1, 0.15) is 310 Å². The van der Waals surface area contributed by atoms with Crippen molar-refractivity contribution >= 4 is 94.5 Å². The van der Waals surface area contributed by atoms with E-state index < -0.39 is 0 Å². The maximum Gasteiger partial charge on any atom is 0.256 e. The lowest BCUT2D eigenvalue weighted by atomic mass is 9.45. The first-order valence-corrected chi connectivity index (χ1v) is 49.0. The molecular formula is C104H136N8O16. The number of β-lactam (4-membered cyclic amide) rings is 8. The van der Waals surface area contributed by atoms with Crippen molar-refractivity contribution in [3.05, 3.63) is 99.2 Å². The van der Waals surface area contributed by atoms with Gasteiger partial charge in [-0.2, -0.15) is 0 Å². The fourth-order valence-electron chi connectivity index (χ4n) is 32.7. The van der Waals surface area contributed by atoms with E-state index in [-0.39, 0.29) is 139 Å². The van der Waals surface area contributed by atoms with E-state index in [9.17, 15) is 76.7 Å². The Labute approximate surface area is 754 Å². The monoisotopic (exact) mass is 1750 g/mol. The van der Waals surface area contributed by atoms with Crippen LogP contribution in [-0.2, 0) is 76.7 Å². The van der Waals surface area contributed by atoms with E-state index in [1.807, 2.05) is 0 Å². The quantitative estimate of drug-likeness (QED) is 0.161. The minimum atomic E-state index is -0.224. The van der Waals surface area contributed by atoms with Gasteiger partial charge in [-0.15, -0.1) is 0 Å². The number of likely N-dealkylation sites (tertiary alicyclic amines) is 8. The van der Waals surface area contributed by atoms with Gasteiger partial charge >= 0.3 is 0 Å². The molecule has 18 aliphatic carbocycles. The molecule has 11 unspecified atom stereocenters. The molecule has 688 valence electrons. The fraction of sp³-hybridized carbons (Fsp3) is 0.692. The van der Waals surface area contributed by atoms with E-state index in [0.29, 0.717) is 115 Å². The molecule has 16 amide bonds. The van der Waals surface area contributed by atoms with Crippen molar-refractivity contribution in [2.45, 2.75) is 355 Å². The van der Waals surface area contributed by atoms with Crippen molar-refractivity contribution in [1.29, 1.82) is 0 Å². The van der Waals surface area contributed by atoms with Crippen molar-refractivity contribution in [3.8, 4) is 0 Å². The van der Waals surface area contributed by atoms with Crippen LogP contribution in [0.25, 0.3) is 0 Å². The van der Waals surface area contributed by atoms with Gasteiger partial charge in [0.25, 0.3) is 47.3 Å². The fourth-order valence-corrected chi connectivity index (χ4v) is 32.7. The number of nitrogens with zero attached hydrogens (tertiary/aromatic N) is 8. The van der Waals surface area contributed by atoms with Gasteiger partial charge in [0, 0.05) is 22.3 Å². The van der Waals surface area contributed by atoms with Gasteiger partial charge in [-0.25, -0.2) is 0 Å². The molecular weight excluding hydrogens is 1620 g/mol. The highest BCUT2D eigenvalue weighted by molar-refractivity contribution is 6.12. The SMILES string of the molecule is C=C(C)C(=O)N1C(=O)CC12C1CC3CC(C1)CC2C3.C=C(C)C(=O)N1C(=O)CC12CC1CCC2C1.C=C(C)C(=O)N1C(=O)CC12CCCC2.C=C(C)C(=O)N1C(=O)CC12CCCCC2.C=CC(=O)N1C(=O)CC12C1CC3CC(C1)CC2C3.C=CC(=O)N1C(=O)CC12CC1CC2C2CCCC12.C=CC(=O)N1C(=O)CC12CC1CCC2C1.C=CC(=O)N1C(=O)CC12CCCC2. The molecule has 0 aromatic heterocycles. The summed E-state index contributed by atoms with van der Waals surface area (Å²) in [6.07, 6.45) is 52.3. The van der Waals surface area contributed by atoms with Crippen LogP contribution in [0, 0.1) is 94.7 Å². The van der Waals surface area contributed by atoms with Crippen LogP contribution in [0.4, 0.5) is 0 Å². The lowest BCUT2D eigenvalue weighted by molar-refractivity contribution is -0.202. The van der Waals surface area contributed by atoms with Crippen LogP contribution in [0.5, 0.6) is 0 Å². The van der Waals surface area contributed by atoms with Gasteiger partial charge in [-0.05, 0) is 326 Å². The molecule has 24 nitrogen and oxygen atoms in total. The summed E-state index contributed by atoms with van der Waals surface area (Å²) in [6, 6.07) is 0. The molecule has 24 heteroatoms. The second-order valence-electron chi connectivity index (χ2n) is 44.5. The van der Waals surface area contributed by atoms with E-state index in [1.54, 1.807) is 42.4 Å². The molecule has 8 aliphatic heterocycles. The van der Waals surface area contributed by atoms with E-state index in [1.165, 1.54) is 184 Å². The van der Waals surface area contributed by atoms with Gasteiger partial charge in [0.2, 0.25) is 47.3 Å². The zero-order valence-electron chi connectivity index (χ0n) is 76.4. The maximum atomic E-state index is 12.3. The maximum absolute atomic E-state index is 12.3. The highest BCUT2D eigenvalue weighted by atomic mass is 16.2. The van der Waals surface area contributed by atoms with Gasteiger partial charge in [0.1, 0.15) is 0 Å². The van der Waals surface area contributed by atoms with E-state index in [0.717, 1.165) is 150 Å². The minimum absolute atomic E-state index is 0.000509. The van der Waals surface area contributed by atoms with Gasteiger partial charge in [-0.3, -0.25) is 116 Å². The summed E-state index contributed by atoms with van der Waals surface area (Å²) in [5.41, 5.74) is 1.05. The number of hydrogen-bond donors (Lipinski definition) is 0. The average molecular weight is 1750 g/mol. The Bertz CT molecular complexity index is 4790. The predicted octanol–water partition coefficient (Wildman–Crippen LogP) is 15.0. The zero-order valence-corrected chi connectivity index (χ0v) is 76.4. The van der Waals surface area contributed by atoms with Gasteiger partial charge < -0.3 is 0 Å². The highest BCUT2D eigenvalue weighted by Crippen LogP contribution is 2.70. The summed E-state index contributed by atoms with van der Waals surface area (Å²) >= 11 is 0. The molecule has 18 saturated carbocycles. The van der Waals surface area contributed by atoms with Crippen molar-refractivity contribution in [2.24, 2.45) is 94.7 Å². The summed E-state index contributed by atoms with van der Waals surface area (Å²) in [6.45, 7) is 35.4. The summed E-state index contributed by atoms with van der Waals surface area (Å²) < 4.78 is 0. The molecule has 14 bridgehead atoms. The van der Waals surface area contributed by atoms with Crippen LogP contribution in [-0.4, -0.2) is 178 Å². The number of imide groups is 8. The summed E-state index contributed by atoms with van der Waals surface area (Å²) in [5.74, 6) is 10.1. The van der Waals surface area contributed by atoms with Crippen LogP contribution in [0.2, 0.25) is 0 Å². The van der Waals surface area contributed by atoms with Crippen LogP contribution >= 0.6 is 0 Å². The molecule has 8 spiro atoms. The summed E-state index contributed by atoms with van der Waals surface area (Å²) in [7, 11) is 0. The molecule has 0 radical (unpaired) electrons. The third kappa shape index (κ3) is 14.3. The van der Waals surface area contributed by atoms with Crippen LogP contribution < -0.4 is 0 Å². The molecule has 0 aromatic rings. The molecule has 8 saturated heterocycles. The Balaban J connectivity index is 0.000000103. The minimum Gasteiger partial charge on any atom is -0.274 e. The lowest BCUT2D eigenvalue weighted by Gasteiger charge is -2.68. The van der Waals surface area contributed by atoms with E-state index in [2.05, 4.69) is 52.6 Å². The Morgan fingerprint density at radius 3 is 0.914 bits per heavy atom. The molecule has 26 fully saturated rings. The Kier molecular flexibility index (Phi) is 23.9. The second kappa shape index (κ2) is 33.7. The lowest BCUT2D eigenvalue weighted by Crippen LogP contribution is -2.76. The summed E-state index contributed by atoms with van der Waals surface area (Å²) in [5, 5.41) is 0. The third-order valence-electron chi connectivity index (χ3n) is 37.6. The Morgan fingerprint density at radius 1 is 0.273 bits per heavy atom. The number of fused-ring (bicyclic) bond motifs is 12. The largest absolute Gasteiger partial charge is 0.274 e. The summed E-state index contributed by atoms with van der Waals surface area (Å²) in [4.78, 5) is 200. The highest BCUT2D eigenvalue weighted by Gasteiger charge is 2.73. The van der Waals surface area contributed by atoms with Crippen LogP contribution in [0.15, 0.2) is 99.2 Å². The third-order valence-corrected chi connectivity index (χ3v) is 37.6. The van der Waals surface area contributed by atoms with Crippen LogP contribution in [0.3, 0.4) is 0 Å². The molecule has 128 heavy (non-hydrogen) atoms. The smallest absolute Gasteiger partial charge is 0.256 e. The Morgan fingerprint density at radius 2 is 0.570 bits per heavy atom. The molecule has 0 N–H and O–H groups in total. The Hall–Kier alpha value is -8.96. The molecule has 26 aliphatic rings. The topological polar surface area (TPSA) is 299 Å². The normalized spacial score (nSPS) is 38.4. The van der Waals surface area contributed by atoms with E-state index in [4.69, 9.17) is 0 Å². The van der Waals surface area contributed by atoms with E-state index >= 15 is 0 Å². The first-order valence-electron chi connectivity index (χ1n) is 49.0. The van der Waals surface area contributed by atoms with Crippen molar-refractivity contribution in [1.82, 2.24) is 39.2 Å². The number of hydrogen-bond acceptors (Lipinski definition) is 16. The standard InChI is InChI=1S/C16H21NO2.2C15H19NO2.C13H17NO2.C12H15NO2.C12H17NO2.C11H15NO2.C10H13NO2/c1-9(2)15(19)17-14(18)8-16(17)12-4-10-3-11(6-12)7-13(16)5-10;1-2-13(17)16-14(18)8-15(16)11-4-9-3-10(6-11)7-12(15)5-9;1-2-13(17)16-14(18)8-15(16)7-9-6-12(15)11-5-3-4-10(9)11;1-8(2)12(16)14-11(15)7-13(14)6-9-3-4-10(13)5-9;1-2-10(14)13-11(15)7-12(13)6-8-3-4-9(12)5-8;1-9(2)11(15)13-10(14)8-12(13)6-4-3-5-7-12;1-8(2)10(14)12-9(13)7-11(12)5-3-4-6-11;1-2-8(12)11-9(13)7-10(11)5-3-4-6-10/h10-13H,1,3-8H2,2H3;2*2,9-12H,1,3-8H2;9-10H,1,3-7H2,2H3;2,8-9H,1,3-7H2;1,3-8H2,2H3;1,3-7H2,2H3;2H,1,3-7H2. The first kappa shape index (κ1) is 91.0. The van der Waals surface area contributed by atoms with Crippen molar-refractivity contribution < 1.29 is 76.7 Å². The molecule has 11 atom stereocenters. The number of carbonyl (C=O) groups excluding carboxylic acids is 16. The van der Waals surface area contributed by atoms with Crippen molar-refractivity contribution in [2.75, 3.05) is 0 Å². The average Bonchev–Trinajstić information content (AvgIpc) is 1.63. The second-order valence-corrected chi connectivity index (χ2v) is 44.5.